The average Bonchev–Trinajstić information content (AvgIpc) is 2.52. The maximum Gasteiger partial charge on any atom is 0.0701 e. The molecule has 3 heteroatoms. The Morgan fingerprint density at radius 1 is 1.21 bits per heavy atom. The van der Waals surface area contributed by atoms with Crippen molar-refractivity contribution >= 4 is 27.3 Å². The van der Waals surface area contributed by atoms with Crippen molar-refractivity contribution in [3.05, 3.63) is 20.8 Å². The lowest BCUT2D eigenvalue weighted by atomic mass is 10.3. The molecular formula is C11H18BrNS. The minimum absolute atomic E-state index is 1.11. The molecule has 0 bridgehead atoms. The van der Waals surface area contributed by atoms with Gasteiger partial charge >= 0.3 is 0 Å². The first kappa shape index (κ1) is 12.2. The second kappa shape index (κ2) is 6.59. The Balaban J connectivity index is 2.46. The fourth-order valence-electron chi connectivity index (χ4n) is 1.56. The van der Waals surface area contributed by atoms with E-state index in [1.807, 2.05) is 11.3 Å². The lowest BCUT2D eigenvalue weighted by molar-refractivity contribution is 0.269. The molecule has 0 aliphatic rings. The summed E-state index contributed by atoms with van der Waals surface area (Å²) >= 11 is 5.34. The van der Waals surface area contributed by atoms with Crippen LogP contribution in [-0.4, -0.2) is 18.0 Å². The molecule has 0 spiro atoms. The molecule has 0 fully saturated rings. The standard InChI is InChI=1S/C11H18BrNS/c1-3-7-13(8-4-2)9-10-5-6-11(12)14-10/h5-6H,3-4,7-9H2,1-2H3. The summed E-state index contributed by atoms with van der Waals surface area (Å²) in [5, 5.41) is 0. The molecule has 80 valence electrons. The lowest BCUT2D eigenvalue weighted by Crippen LogP contribution is -2.24. The lowest BCUT2D eigenvalue weighted by Gasteiger charge is -2.19. The second-order valence-electron chi connectivity index (χ2n) is 3.48. The van der Waals surface area contributed by atoms with E-state index >= 15 is 0 Å². The maximum atomic E-state index is 3.50. The molecule has 0 aliphatic heterocycles. The van der Waals surface area contributed by atoms with E-state index in [9.17, 15) is 0 Å². The van der Waals surface area contributed by atoms with Gasteiger partial charge in [-0.1, -0.05) is 13.8 Å². The predicted molar refractivity (Wildman–Crippen MR) is 67.9 cm³/mol. The minimum atomic E-state index is 1.11. The van der Waals surface area contributed by atoms with Gasteiger partial charge < -0.3 is 0 Å². The summed E-state index contributed by atoms with van der Waals surface area (Å²) in [5.74, 6) is 0. The molecule has 0 saturated carbocycles. The van der Waals surface area contributed by atoms with E-state index in [1.54, 1.807) is 0 Å². The van der Waals surface area contributed by atoms with Gasteiger partial charge in [-0.25, -0.2) is 0 Å². The van der Waals surface area contributed by atoms with E-state index in [-0.39, 0.29) is 0 Å². The first-order valence-corrected chi connectivity index (χ1v) is 6.83. The first-order chi connectivity index (χ1) is 6.76. The van der Waals surface area contributed by atoms with Gasteiger partial charge in [-0.3, -0.25) is 4.90 Å². The topological polar surface area (TPSA) is 3.24 Å². The van der Waals surface area contributed by atoms with Crippen molar-refractivity contribution in [1.29, 1.82) is 0 Å². The summed E-state index contributed by atoms with van der Waals surface area (Å²) in [4.78, 5) is 3.98. The second-order valence-corrected chi connectivity index (χ2v) is 6.03. The number of rotatable bonds is 6. The summed E-state index contributed by atoms with van der Waals surface area (Å²) < 4.78 is 1.24. The Bertz CT molecular complexity index is 254. The number of hydrogen-bond donors (Lipinski definition) is 0. The third-order valence-corrected chi connectivity index (χ3v) is 3.70. The van der Waals surface area contributed by atoms with Gasteiger partial charge in [-0.2, -0.15) is 0 Å². The average molecular weight is 276 g/mol. The molecule has 1 aromatic rings. The normalized spacial score (nSPS) is 11.1. The molecule has 0 amide bonds. The Hall–Kier alpha value is 0.140. The molecule has 1 heterocycles. The van der Waals surface area contributed by atoms with Crippen molar-refractivity contribution in [1.82, 2.24) is 4.90 Å². The highest BCUT2D eigenvalue weighted by atomic mass is 79.9. The van der Waals surface area contributed by atoms with E-state index in [0.717, 1.165) is 6.54 Å². The van der Waals surface area contributed by atoms with Crippen LogP contribution in [0.5, 0.6) is 0 Å². The van der Waals surface area contributed by atoms with Gasteiger partial charge in [0, 0.05) is 11.4 Å². The van der Waals surface area contributed by atoms with Crippen LogP contribution < -0.4 is 0 Å². The van der Waals surface area contributed by atoms with Crippen molar-refractivity contribution in [3.8, 4) is 0 Å². The molecule has 14 heavy (non-hydrogen) atoms. The quantitative estimate of drug-likeness (QED) is 0.755. The largest absolute Gasteiger partial charge is 0.298 e. The summed E-state index contributed by atoms with van der Waals surface area (Å²) in [6.45, 7) is 8.02. The van der Waals surface area contributed by atoms with Gasteiger partial charge in [0.05, 0.1) is 3.79 Å². The molecule has 1 nitrogen and oxygen atoms in total. The molecule has 0 unspecified atom stereocenters. The van der Waals surface area contributed by atoms with E-state index < -0.39 is 0 Å². The smallest absolute Gasteiger partial charge is 0.0701 e. The van der Waals surface area contributed by atoms with Crippen LogP contribution in [0.25, 0.3) is 0 Å². The number of halogens is 1. The SMILES string of the molecule is CCCN(CCC)Cc1ccc(Br)s1. The number of thiophene rings is 1. The fourth-order valence-corrected chi connectivity index (χ4v) is 3.09. The third-order valence-electron chi connectivity index (χ3n) is 2.09. The van der Waals surface area contributed by atoms with Gasteiger partial charge in [-0.05, 0) is 54.0 Å². The van der Waals surface area contributed by atoms with E-state index in [2.05, 4.69) is 46.8 Å². The predicted octanol–water partition coefficient (Wildman–Crippen LogP) is 4.13. The van der Waals surface area contributed by atoms with E-state index in [0.29, 0.717) is 0 Å². The summed E-state index contributed by atoms with van der Waals surface area (Å²) in [6, 6.07) is 4.35. The summed E-state index contributed by atoms with van der Waals surface area (Å²) in [5.41, 5.74) is 0. The minimum Gasteiger partial charge on any atom is -0.298 e. The maximum absolute atomic E-state index is 3.50. The fraction of sp³-hybridized carbons (Fsp3) is 0.636. The van der Waals surface area contributed by atoms with E-state index in [1.165, 1.54) is 34.6 Å². The van der Waals surface area contributed by atoms with Crippen molar-refractivity contribution in [2.75, 3.05) is 13.1 Å². The molecule has 0 N–H and O–H groups in total. The Morgan fingerprint density at radius 3 is 2.29 bits per heavy atom. The zero-order chi connectivity index (χ0) is 10.4. The van der Waals surface area contributed by atoms with Gasteiger partial charge in [0.25, 0.3) is 0 Å². The van der Waals surface area contributed by atoms with Gasteiger partial charge in [0.15, 0.2) is 0 Å². The molecule has 0 saturated heterocycles. The van der Waals surface area contributed by atoms with E-state index in [4.69, 9.17) is 0 Å². The molecule has 1 aromatic heterocycles. The molecular weight excluding hydrogens is 258 g/mol. The Kier molecular flexibility index (Phi) is 5.75. The monoisotopic (exact) mass is 275 g/mol. The Morgan fingerprint density at radius 2 is 1.86 bits per heavy atom. The van der Waals surface area contributed by atoms with Crippen LogP contribution in [0, 0.1) is 0 Å². The van der Waals surface area contributed by atoms with Crippen LogP contribution in [0.15, 0.2) is 15.9 Å². The third kappa shape index (κ3) is 4.11. The van der Waals surface area contributed by atoms with Gasteiger partial charge in [0.2, 0.25) is 0 Å². The molecule has 1 rings (SSSR count). The molecule has 0 aliphatic carbocycles. The highest BCUT2D eigenvalue weighted by Gasteiger charge is 2.05. The zero-order valence-corrected chi connectivity index (χ0v) is 11.3. The molecule has 0 aromatic carbocycles. The van der Waals surface area contributed by atoms with Crippen molar-refractivity contribution in [3.63, 3.8) is 0 Å². The van der Waals surface area contributed by atoms with Crippen LogP contribution in [0.3, 0.4) is 0 Å². The van der Waals surface area contributed by atoms with Crippen LogP contribution in [0.1, 0.15) is 31.6 Å². The Labute approximate surface area is 99.3 Å². The van der Waals surface area contributed by atoms with Crippen molar-refractivity contribution in [2.24, 2.45) is 0 Å². The number of hydrogen-bond acceptors (Lipinski definition) is 2. The highest BCUT2D eigenvalue weighted by Crippen LogP contribution is 2.23. The van der Waals surface area contributed by atoms with Crippen LogP contribution in [0.2, 0.25) is 0 Å². The molecule has 0 radical (unpaired) electrons. The van der Waals surface area contributed by atoms with Crippen LogP contribution in [0.4, 0.5) is 0 Å². The van der Waals surface area contributed by atoms with Crippen molar-refractivity contribution < 1.29 is 0 Å². The van der Waals surface area contributed by atoms with Gasteiger partial charge in [0.1, 0.15) is 0 Å². The van der Waals surface area contributed by atoms with Crippen molar-refractivity contribution in [2.45, 2.75) is 33.2 Å². The molecule has 0 atom stereocenters. The highest BCUT2D eigenvalue weighted by molar-refractivity contribution is 9.11. The van der Waals surface area contributed by atoms with Crippen LogP contribution >= 0.6 is 27.3 Å². The first-order valence-electron chi connectivity index (χ1n) is 5.22. The number of nitrogens with zero attached hydrogens (tertiary/aromatic N) is 1. The van der Waals surface area contributed by atoms with Crippen LogP contribution in [-0.2, 0) is 6.54 Å². The summed E-state index contributed by atoms with van der Waals surface area (Å²) in [7, 11) is 0. The summed E-state index contributed by atoms with van der Waals surface area (Å²) in [6.07, 6.45) is 2.49. The zero-order valence-electron chi connectivity index (χ0n) is 8.92. The van der Waals surface area contributed by atoms with Gasteiger partial charge in [-0.15, -0.1) is 11.3 Å².